The van der Waals surface area contributed by atoms with Crippen LogP contribution in [0.2, 0.25) is 0 Å². The van der Waals surface area contributed by atoms with Crippen molar-refractivity contribution in [3.63, 3.8) is 0 Å². The van der Waals surface area contributed by atoms with E-state index in [1.807, 2.05) is 49.5 Å². The first-order valence-electron chi connectivity index (χ1n) is 10.4. The maximum atomic E-state index is 5.45. The van der Waals surface area contributed by atoms with Gasteiger partial charge in [0.05, 0.1) is 21.3 Å². The van der Waals surface area contributed by atoms with E-state index in [0.29, 0.717) is 29.0 Å². The van der Waals surface area contributed by atoms with E-state index in [4.69, 9.17) is 19.2 Å². The van der Waals surface area contributed by atoms with Crippen LogP contribution in [0, 0.1) is 6.92 Å². The predicted octanol–water partition coefficient (Wildman–Crippen LogP) is 3.28. The zero-order valence-electron chi connectivity index (χ0n) is 18.8. The summed E-state index contributed by atoms with van der Waals surface area (Å²) < 4.78 is 16.3. The number of ether oxygens (including phenoxy) is 3. The van der Waals surface area contributed by atoms with Crippen molar-refractivity contribution in [1.82, 2.24) is 15.0 Å². The van der Waals surface area contributed by atoms with E-state index < -0.39 is 0 Å². The number of aromatic nitrogens is 3. The molecular formula is C23H28N6O3. The van der Waals surface area contributed by atoms with Crippen LogP contribution < -0.4 is 29.3 Å². The number of benzene rings is 1. The highest BCUT2D eigenvalue weighted by atomic mass is 16.5. The number of rotatable bonds is 7. The van der Waals surface area contributed by atoms with Gasteiger partial charge in [-0.05, 0) is 19.1 Å². The summed E-state index contributed by atoms with van der Waals surface area (Å²) in [5, 5.41) is 3.35. The standard InChI is InChI=1S/C23H28N6O3/c1-16-13-20(26-17-14-18(30-2)22(32-4)19(15-17)31-3)27-23(25-16)29-11-9-28(10-12-29)21-7-5-6-8-24-21/h5-8,13-15H,9-12H2,1-4H3,(H,25,26,27). The lowest BCUT2D eigenvalue weighted by molar-refractivity contribution is 0.324. The Morgan fingerprint density at radius 3 is 2.12 bits per heavy atom. The fraction of sp³-hybridized carbons (Fsp3) is 0.348. The highest BCUT2D eigenvalue weighted by Gasteiger charge is 2.21. The topological polar surface area (TPSA) is 84.9 Å². The van der Waals surface area contributed by atoms with Crippen LogP contribution in [0.1, 0.15) is 5.69 Å². The summed E-state index contributed by atoms with van der Waals surface area (Å²) in [4.78, 5) is 18.4. The number of nitrogens with one attached hydrogen (secondary N) is 1. The summed E-state index contributed by atoms with van der Waals surface area (Å²) >= 11 is 0. The Bertz CT molecular complexity index is 1030. The summed E-state index contributed by atoms with van der Waals surface area (Å²) in [5.74, 6) is 4.11. The second-order valence-corrected chi connectivity index (χ2v) is 7.40. The van der Waals surface area contributed by atoms with Gasteiger partial charge < -0.3 is 29.3 Å². The minimum atomic E-state index is 0.547. The van der Waals surface area contributed by atoms with Crippen molar-refractivity contribution in [2.24, 2.45) is 0 Å². The van der Waals surface area contributed by atoms with Gasteiger partial charge in [-0.2, -0.15) is 4.98 Å². The average molecular weight is 437 g/mol. The lowest BCUT2D eigenvalue weighted by atomic mass is 10.2. The fourth-order valence-electron chi connectivity index (χ4n) is 3.74. The van der Waals surface area contributed by atoms with Crippen LogP contribution in [0.25, 0.3) is 0 Å². The van der Waals surface area contributed by atoms with Gasteiger partial charge in [0.15, 0.2) is 11.5 Å². The summed E-state index contributed by atoms with van der Waals surface area (Å²) in [6, 6.07) is 11.6. The Balaban J connectivity index is 1.51. The van der Waals surface area contributed by atoms with Gasteiger partial charge in [-0.3, -0.25) is 0 Å². The molecule has 9 heteroatoms. The molecule has 1 saturated heterocycles. The van der Waals surface area contributed by atoms with Crippen molar-refractivity contribution in [1.29, 1.82) is 0 Å². The maximum absolute atomic E-state index is 5.45. The molecule has 3 aromatic rings. The van der Waals surface area contributed by atoms with E-state index in [1.54, 1.807) is 21.3 Å². The van der Waals surface area contributed by atoms with Crippen molar-refractivity contribution >= 4 is 23.3 Å². The molecule has 1 aliphatic heterocycles. The van der Waals surface area contributed by atoms with Gasteiger partial charge in [-0.25, -0.2) is 9.97 Å². The molecule has 0 amide bonds. The minimum Gasteiger partial charge on any atom is -0.493 e. The zero-order valence-corrected chi connectivity index (χ0v) is 18.8. The summed E-state index contributed by atoms with van der Waals surface area (Å²) in [6.07, 6.45) is 1.83. The molecule has 9 nitrogen and oxygen atoms in total. The second-order valence-electron chi connectivity index (χ2n) is 7.40. The van der Waals surface area contributed by atoms with Crippen LogP contribution in [0.15, 0.2) is 42.6 Å². The molecule has 168 valence electrons. The van der Waals surface area contributed by atoms with Crippen molar-refractivity contribution in [3.8, 4) is 17.2 Å². The number of nitrogens with zero attached hydrogens (tertiary/aromatic N) is 5. The van der Waals surface area contributed by atoms with E-state index in [-0.39, 0.29) is 0 Å². The highest BCUT2D eigenvalue weighted by Crippen LogP contribution is 2.40. The first-order chi connectivity index (χ1) is 15.6. The predicted molar refractivity (Wildman–Crippen MR) is 125 cm³/mol. The molecular weight excluding hydrogens is 408 g/mol. The number of hydrogen-bond donors (Lipinski definition) is 1. The zero-order chi connectivity index (χ0) is 22.5. The molecule has 1 N–H and O–H groups in total. The van der Waals surface area contributed by atoms with Crippen molar-refractivity contribution < 1.29 is 14.2 Å². The average Bonchev–Trinajstić information content (AvgIpc) is 2.83. The van der Waals surface area contributed by atoms with Crippen LogP contribution in [0.5, 0.6) is 17.2 Å². The Morgan fingerprint density at radius 1 is 0.844 bits per heavy atom. The van der Waals surface area contributed by atoms with Gasteiger partial charge >= 0.3 is 0 Å². The number of hydrogen-bond acceptors (Lipinski definition) is 9. The van der Waals surface area contributed by atoms with E-state index in [1.165, 1.54) is 0 Å². The highest BCUT2D eigenvalue weighted by molar-refractivity contribution is 5.67. The van der Waals surface area contributed by atoms with E-state index >= 15 is 0 Å². The first-order valence-corrected chi connectivity index (χ1v) is 10.4. The third-order valence-corrected chi connectivity index (χ3v) is 5.32. The Labute approximate surface area is 188 Å². The van der Waals surface area contributed by atoms with Crippen molar-refractivity contribution in [3.05, 3.63) is 48.3 Å². The molecule has 1 aromatic carbocycles. The van der Waals surface area contributed by atoms with Gasteiger partial charge in [0.25, 0.3) is 0 Å². The van der Waals surface area contributed by atoms with Crippen LogP contribution in [-0.2, 0) is 0 Å². The molecule has 0 atom stereocenters. The number of aryl methyl sites for hydroxylation is 1. The SMILES string of the molecule is COc1cc(Nc2cc(C)nc(N3CCN(c4ccccn4)CC3)n2)cc(OC)c1OC. The number of anilines is 4. The molecule has 0 bridgehead atoms. The van der Waals surface area contributed by atoms with Gasteiger partial charge in [-0.1, -0.05) is 6.07 Å². The molecule has 1 fully saturated rings. The molecule has 0 unspecified atom stereocenters. The maximum Gasteiger partial charge on any atom is 0.227 e. The minimum absolute atomic E-state index is 0.547. The van der Waals surface area contributed by atoms with Crippen LogP contribution in [-0.4, -0.2) is 62.5 Å². The third kappa shape index (κ3) is 4.61. The molecule has 4 rings (SSSR count). The Hall–Kier alpha value is -3.75. The number of pyridine rings is 1. The molecule has 3 heterocycles. The summed E-state index contributed by atoms with van der Waals surface area (Å²) in [6.45, 7) is 5.34. The normalized spacial score (nSPS) is 13.6. The molecule has 0 radical (unpaired) electrons. The molecule has 0 aliphatic carbocycles. The summed E-state index contributed by atoms with van der Waals surface area (Å²) in [7, 11) is 4.78. The van der Waals surface area contributed by atoms with Crippen LogP contribution in [0.3, 0.4) is 0 Å². The monoisotopic (exact) mass is 436 g/mol. The number of piperazine rings is 1. The second kappa shape index (κ2) is 9.59. The lowest BCUT2D eigenvalue weighted by Crippen LogP contribution is -2.47. The fourth-order valence-corrected chi connectivity index (χ4v) is 3.74. The van der Waals surface area contributed by atoms with Gasteiger partial charge in [0.1, 0.15) is 11.6 Å². The lowest BCUT2D eigenvalue weighted by Gasteiger charge is -2.35. The Kier molecular flexibility index (Phi) is 6.44. The molecule has 0 saturated carbocycles. The van der Waals surface area contributed by atoms with Crippen LogP contribution in [0.4, 0.5) is 23.3 Å². The van der Waals surface area contributed by atoms with E-state index in [0.717, 1.165) is 43.4 Å². The number of methoxy groups -OCH3 is 3. The Morgan fingerprint density at radius 2 is 1.53 bits per heavy atom. The van der Waals surface area contributed by atoms with E-state index in [9.17, 15) is 0 Å². The largest absolute Gasteiger partial charge is 0.493 e. The van der Waals surface area contributed by atoms with Gasteiger partial charge in [0.2, 0.25) is 11.7 Å². The molecule has 2 aromatic heterocycles. The van der Waals surface area contributed by atoms with Crippen molar-refractivity contribution in [2.75, 3.05) is 62.6 Å². The van der Waals surface area contributed by atoms with Crippen LogP contribution >= 0.6 is 0 Å². The molecule has 1 aliphatic rings. The molecule has 32 heavy (non-hydrogen) atoms. The van der Waals surface area contributed by atoms with E-state index in [2.05, 4.69) is 25.1 Å². The third-order valence-electron chi connectivity index (χ3n) is 5.32. The quantitative estimate of drug-likeness (QED) is 0.600. The molecule has 0 spiro atoms. The smallest absolute Gasteiger partial charge is 0.227 e. The van der Waals surface area contributed by atoms with Gasteiger partial charge in [-0.15, -0.1) is 0 Å². The van der Waals surface area contributed by atoms with Gasteiger partial charge in [0, 0.05) is 62.0 Å². The first kappa shape index (κ1) is 21.5. The van der Waals surface area contributed by atoms with Crippen molar-refractivity contribution in [2.45, 2.75) is 6.92 Å². The summed E-state index contributed by atoms with van der Waals surface area (Å²) in [5.41, 5.74) is 1.67.